The normalized spacial score (nSPS) is 21.5. The van der Waals surface area contributed by atoms with Crippen molar-refractivity contribution in [2.45, 2.75) is 39.2 Å². The van der Waals surface area contributed by atoms with Gasteiger partial charge in [-0.15, -0.1) is 6.42 Å². The maximum Gasteiger partial charge on any atom is 0.408 e. The van der Waals surface area contributed by atoms with Gasteiger partial charge in [-0.25, -0.2) is 4.79 Å². The van der Waals surface area contributed by atoms with E-state index in [0.717, 1.165) is 0 Å². The molecule has 0 bridgehead atoms. The Balaban J connectivity index is 4.72. The van der Waals surface area contributed by atoms with Crippen molar-refractivity contribution in [3.8, 4) is 12.3 Å². The van der Waals surface area contributed by atoms with E-state index in [-0.39, 0.29) is 0 Å². The monoisotopic (exact) mass is 173 g/mol. The van der Waals surface area contributed by atoms with Gasteiger partial charge in [0.2, 0.25) is 0 Å². The Kier molecular flexibility index (Phi) is 1.83. The van der Waals surface area contributed by atoms with E-state index in [1.807, 2.05) is 5.32 Å². The van der Waals surface area contributed by atoms with E-state index in [0.29, 0.717) is 0 Å². The van der Waals surface area contributed by atoms with Gasteiger partial charge in [-0.1, -0.05) is 5.92 Å². The molecule has 1 N–H and O–H groups in total. The fourth-order valence-corrected chi connectivity index (χ4v) is 0.442. The Morgan fingerprint density at radius 2 is 2.42 bits per heavy atom. The molecule has 12 heavy (non-hydrogen) atoms. The first kappa shape index (κ1) is 5.47. The van der Waals surface area contributed by atoms with Crippen LogP contribution in [-0.2, 0) is 4.74 Å². The molecule has 1 unspecified atom stereocenters. The van der Waals surface area contributed by atoms with E-state index in [9.17, 15) is 4.79 Å². The number of alkyl carbamates (subject to hydrolysis) is 1. The van der Waals surface area contributed by atoms with E-state index in [1.165, 1.54) is 0 Å². The molecular formula is C9H15NO2. The third kappa shape index (κ3) is 5.60. The number of amides is 1. The molecule has 0 fully saturated rings. The van der Waals surface area contributed by atoms with Crippen LogP contribution in [0.1, 0.15) is 33.1 Å². The molecule has 0 aliphatic rings. The van der Waals surface area contributed by atoms with E-state index < -0.39 is 24.6 Å². The van der Waals surface area contributed by atoms with Crippen molar-refractivity contribution in [3.63, 3.8) is 0 Å². The molecule has 0 aliphatic carbocycles. The minimum absolute atomic E-state index is 0.783. The number of hydrogen-bond donors (Lipinski definition) is 1. The lowest BCUT2D eigenvalue weighted by atomic mass is 10.2. The molecule has 0 aromatic rings. The Hall–Kier alpha value is -1.17. The smallest absolute Gasteiger partial charge is 0.408 e. The highest BCUT2D eigenvalue weighted by Crippen LogP contribution is 2.06. The maximum atomic E-state index is 11.3. The van der Waals surface area contributed by atoms with Crippen LogP contribution in [0.2, 0.25) is 0 Å². The van der Waals surface area contributed by atoms with E-state index >= 15 is 0 Å². The lowest BCUT2D eigenvalue weighted by Crippen LogP contribution is -2.36. The molecule has 1 amide bonds. The quantitative estimate of drug-likeness (QED) is 0.611. The van der Waals surface area contributed by atoms with Crippen molar-refractivity contribution >= 4 is 6.09 Å². The summed E-state index contributed by atoms with van der Waals surface area (Å²) in [5, 5.41) is 1.85. The summed E-state index contributed by atoms with van der Waals surface area (Å²) in [6, 6.07) is -2.48. The third-order valence-corrected chi connectivity index (χ3v) is 0.770. The Morgan fingerprint density at radius 3 is 2.75 bits per heavy atom. The van der Waals surface area contributed by atoms with Crippen LogP contribution in [0, 0.1) is 12.3 Å². The number of carbonyl (C=O) groups is 1. The summed E-state index contributed by atoms with van der Waals surface area (Å²) in [6.45, 7) is 2.02. The minimum atomic E-state index is -2.82. The number of rotatable bonds is 1. The van der Waals surface area contributed by atoms with Gasteiger partial charge in [0, 0.05) is 4.11 Å². The van der Waals surface area contributed by atoms with Crippen molar-refractivity contribution in [2.24, 2.45) is 0 Å². The summed E-state index contributed by atoms with van der Waals surface area (Å²) in [6.07, 6.45) is 3.91. The van der Waals surface area contributed by atoms with Gasteiger partial charge in [0.1, 0.15) is 5.60 Å². The highest BCUT2D eigenvalue weighted by atomic mass is 16.6. The number of nitrogens with one attached hydrogen (secondary N) is 1. The summed E-state index contributed by atoms with van der Waals surface area (Å²) >= 11 is 0. The standard InChI is InChI=1S/C9H15NO2/c1-6-7(2)10-8(11)12-9(3,4)5/h1,7H,2-5H3,(H,10,11)/i2D3,7D. The summed E-state index contributed by atoms with van der Waals surface area (Å²) in [7, 11) is 0. The van der Waals surface area contributed by atoms with Gasteiger partial charge in [0.15, 0.2) is 0 Å². The average Bonchev–Trinajstić information content (AvgIpc) is 1.97. The largest absolute Gasteiger partial charge is 0.444 e. The highest BCUT2D eigenvalue weighted by molar-refractivity contribution is 5.68. The van der Waals surface area contributed by atoms with E-state index in [2.05, 4.69) is 0 Å². The van der Waals surface area contributed by atoms with E-state index in [4.69, 9.17) is 16.6 Å². The molecule has 0 aliphatic heterocycles. The molecular weight excluding hydrogens is 154 g/mol. The van der Waals surface area contributed by atoms with Gasteiger partial charge in [-0.2, -0.15) is 0 Å². The minimum Gasteiger partial charge on any atom is -0.444 e. The van der Waals surface area contributed by atoms with Crippen LogP contribution in [0.4, 0.5) is 4.79 Å². The predicted molar refractivity (Wildman–Crippen MR) is 47.7 cm³/mol. The SMILES string of the molecule is [2H]C([2H])([2H])C([2H])(C#C)NC(=O)OC(C)(C)C. The second kappa shape index (κ2) is 4.01. The van der Waals surface area contributed by atoms with Crippen LogP contribution in [0.5, 0.6) is 0 Å². The van der Waals surface area contributed by atoms with Crippen LogP contribution in [0.15, 0.2) is 0 Å². The zero-order chi connectivity index (χ0) is 13.2. The number of hydrogen-bond acceptors (Lipinski definition) is 2. The third-order valence-electron chi connectivity index (χ3n) is 0.770. The molecule has 0 aromatic heterocycles. The summed E-state index contributed by atoms with van der Waals surface area (Å²) in [4.78, 5) is 11.3. The summed E-state index contributed by atoms with van der Waals surface area (Å²) in [5.74, 6) is 1.73. The zero-order valence-electron chi connectivity index (χ0n) is 11.4. The van der Waals surface area contributed by atoms with Crippen molar-refractivity contribution in [2.75, 3.05) is 0 Å². The Bertz CT molecular complexity index is 313. The molecule has 1 atom stereocenters. The predicted octanol–water partition coefficient (Wildman–Crippen LogP) is 1.53. The fraction of sp³-hybridized carbons (Fsp3) is 0.667. The second-order valence-corrected chi connectivity index (χ2v) is 3.15. The number of terminal acetylenes is 1. The van der Waals surface area contributed by atoms with Crippen molar-refractivity contribution in [1.29, 1.82) is 0 Å². The molecule has 3 heteroatoms. The summed E-state index contributed by atoms with van der Waals surface area (Å²) < 4.78 is 33.4. The first-order chi connectivity index (χ1) is 6.91. The van der Waals surface area contributed by atoms with Crippen LogP contribution < -0.4 is 5.32 Å². The van der Waals surface area contributed by atoms with E-state index in [1.54, 1.807) is 26.7 Å². The lowest BCUT2D eigenvalue weighted by Gasteiger charge is -2.20. The van der Waals surface area contributed by atoms with Gasteiger partial charge in [0.05, 0.1) is 7.39 Å². The van der Waals surface area contributed by atoms with Crippen molar-refractivity contribution < 1.29 is 15.0 Å². The molecule has 3 nitrogen and oxygen atoms in total. The summed E-state index contributed by atoms with van der Waals surface area (Å²) in [5.41, 5.74) is -0.783. The van der Waals surface area contributed by atoms with Crippen LogP contribution in [0.3, 0.4) is 0 Å². The van der Waals surface area contributed by atoms with Crippen LogP contribution in [-0.4, -0.2) is 17.7 Å². The van der Waals surface area contributed by atoms with Crippen LogP contribution >= 0.6 is 0 Å². The molecule has 0 saturated heterocycles. The van der Waals surface area contributed by atoms with Crippen molar-refractivity contribution in [3.05, 3.63) is 0 Å². The molecule has 0 rings (SSSR count). The van der Waals surface area contributed by atoms with Gasteiger partial charge in [-0.05, 0) is 27.6 Å². The molecule has 0 aromatic carbocycles. The highest BCUT2D eigenvalue weighted by Gasteiger charge is 2.16. The second-order valence-electron chi connectivity index (χ2n) is 3.15. The molecule has 0 radical (unpaired) electrons. The molecule has 0 spiro atoms. The topological polar surface area (TPSA) is 38.3 Å². The molecule has 68 valence electrons. The first-order valence-electron chi connectivity index (χ1n) is 5.40. The maximum absolute atomic E-state index is 11.3. The number of carbonyl (C=O) groups excluding carboxylic acids is 1. The first-order valence-corrected chi connectivity index (χ1v) is 3.40. The Labute approximate surface area is 79.1 Å². The average molecular weight is 173 g/mol. The Morgan fingerprint density at radius 1 is 1.83 bits per heavy atom. The van der Waals surface area contributed by atoms with Crippen molar-refractivity contribution in [1.82, 2.24) is 5.32 Å². The molecule has 0 heterocycles. The van der Waals surface area contributed by atoms with Crippen LogP contribution in [0.25, 0.3) is 0 Å². The van der Waals surface area contributed by atoms with Gasteiger partial charge >= 0.3 is 6.09 Å². The lowest BCUT2D eigenvalue weighted by molar-refractivity contribution is 0.0520. The van der Waals surface area contributed by atoms with Gasteiger partial charge < -0.3 is 10.1 Å². The molecule has 0 saturated carbocycles. The zero-order valence-corrected chi connectivity index (χ0v) is 7.39. The van der Waals surface area contributed by atoms with Gasteiger partial charge in [-0.3, -0.25) is 0 Å². The van der Waals surface area contributed by atoms with Gasteiger partial charge in [0.25, 0.3) is 0 Å². The fourth-order valence-electron chi connectivity index (χ4n) is 0.442. The number of ether oxygens (including phenoxy) is 1.